The van der Waals surface area contributed by atoms with Crippen LogP contribution in [0.15, 0.2) is 28.9 Å². The van der Waals surface area contributed by atoms with Crippen molar-refractivity contribution in [1.29, 1.82) is 5.26 Å². The SMILES string of the molecule is N#CCCNC(=O)COC(=O)Cc1coc2cc(O)ccc12. The molecule has 0 radical (unpaired) electrons. The fourth-order valence-corrected chi connectivity index (χ4v) is 1.87. The first-order valence-electron chi connectivity index (χ1n) is 6.58. The molecule has 1 aromatic carbocycles. The van der Waals surface area contributed by atoms with Gasteiger partial charge in [-0.15, -0.1) is 0 Å². The Kier molecular flexibility index (Phi) is 4.98. The van der Waals surface area contributed by atoms with E-state index in [1.54, 1.807) is 6.07 Å². The van der Waals surface area contributed by atoms with E-state index in [2.05, 4.69) is 5.32 Å². The average Bonchev–Trinajstić information content (AvgIpc) is 2.87. The molecule has 0 aliphatic heterocycles. The summed E-state index contributed by atoms with van der Waals surface area (Å²) in [5.74, 6) is -0.943. The van der Waals surface area contributed by atoms with Crippen LogP contribution in [0.5, 0.6) is 5.75 Å². The number of nitriles is 1. The second-order valence-corrected chi connectivity index (χ2v) is 4.54. The number of rotatable bonds is 6. The van der Waals surface area contributed by atoms with Crippen molar-refractivity contribution in [3.05, 3.63) is 30.0 Å². The van der Waals surface area contributed by atoms with Crippen LogP contribution < -0.4 is 5.32 Å². The molecule has 2 N–H and O–H groups in total. The predicted octanol–water partition coefficient (Wildman–Crippen LogP) is 1.25. The van der Waals surface area contributed by atoms with Gasteiger partial charge in [0.25, 0.3) is 5.91 Å². The van der Waals surface area contributed by atoms with Gasteiger partial charge in [0.1, 0.15) is 11.3 Å². The van der Waals surface area contributed by atoms with Gasteiger partial charge in [-0.1, -0.05) is 0 Å². The maximum Gasteiger partial charge on any atom is 0.310 e. The van der Waals surface area contributed by atoms with Crippen LogP contribution in [0.2, 0.25) is 0 Å². The second kappa shape index (κ2) is 7.13. The number of phenolic OH excluding ortho intramolecular Hbond substituents is 1. The first-order chi connectivity index (χ1) is 10.6. The molecule has 0 aliphatic rings. The third kappa shape index (κ3) is 3.99. The maximum absolute atomic E-state index is 11.7. The summed E-state index contributed by atoms with van der Waals surface area (Å²) < 4.78 is 10.1. The molecule has 0 unspecified atom stereocenters. The van der Waals surface area contributed by atoms with E-state index in [1.165, 1.54) is 18.4 Å². The number of amides is 1. The number of nitrogens with zero attached hydrogens (tertiary/aromatic N) is 1. The average molecular weight is 302 g/mol. The third-order valence-corrected chi connectivity index (χ3v) is 2.90. The summed E-state index contributed by atoms with van der Waals surface area (Å²) >= 11 is 0. The summed E-state index contributed by atoms with van der Waals surface area (Å²) in [5.41, 5.74) is 1.09. The Morgan fingerprint density at radius 1 is 1.41 bits per heavy atom. The van der Waals surface area contributed by atoms with E-state index in [4.69, 9.17) is 14.4 Å². The molecule has 0 atom stereocenters. The van der Waals surface area contributed by atoms with Crippen LogP contribution in [0.1, 0.15) is 12.0 Å². The van der Waals surface area contributed by atoms with Crippen LogP contribution in [0.4, 0.5) is 0 Å². The van der Waals surface area contributed by atoms with E-state index in [1.807, 2.05) is 6.07 Å². The second-order valence-electron chi connectivity index (χ2n) is 4.54. The highest BCUT2D eigenvalue weighted by molar-refractivity contribution is 5.87. The Hall–Kier alpha value is -3.01. The highest BCUT2D eigenvalue weighted by atomic mass is 16.5. The fraction of sp³-hybridized carbons (Fsp3) is 0.267. The Labute approximate surface area is 126 Å². The number of benzene rings is 1. The number of furan rings is 1. The first kappa shape index (κ1) is 15.4. The Morgan fingerprint density at radius 2 is 2.23 bits per heavy atom. The number of ether oxygens (including phenoxy) is 1. The molecule has 0 bridgehead atoms. The number of aromatic hydroxyl groups is 1. The van der Waals surface area contributed by atoms with Gasteiger partial charge in [0.05, 0.1) is 25.2 Å². The smallest absolute Gasteiger partial charge is 0.310 e. The Balaban J connectivity index is 1.86. The molecule has 0 saturated heterocycles. The lowest BCUT2D eigenvalue weighted by Gasteiger charge is -2.04. The molecular weight excluding hydrogens is 288 g/mol. The molecule has 2 aromatic rings. The summed E-state index contributed by atoms with van der Waals surface area (Å²) in [7, 11) is 0. The molecule has 1 aromatic heterocycles. The number of esters is 1. The molecule has 7 heteroatoms. The van der Waals surface area contributed by atoms with Crippen LogP contribution in [0, 0.1) is 11.3 Å². The predicted molar refractivity (Wildman–Crippen MR) is 75.8 cm³/mol. The Bertz CT molecular complexity index is 729. The lowest BCUT2D eigenvalue weighted by atomic mass is 10.1. The van der Waals surface area contributed by atoms with Crippen molar-refractivity contribution >= 4 is 22.8 Å². The van der Waals surface area contributed by atoms with Crippen LogP contribution in [0.3, 0.4) is 0 Å². The first-order valence-corrected chi connectivity index (χ1v) is 6.58. The molecule has 1 amide bonds. The topological polar surface area (TPSA) is 113 Å². The van der Waals surface area contributed by atoms with Gasteiger partial charge in [-0.2, -0.15) is 5.26 Å². The van der Waals surface area contributed by atoms with Crippen LogP contribution in [0.25, 0.3) is 11.0 Å². The van der Waals surface area contributed by atoms with Gasteiger partial charge in [-0.05, 0) is 12.1 Å². The van der Waals surface area contributed by atoms with Gasteiger partial charge in [0, 0.05) is 23.6 Å². The van der Waals surface area contributed by atoms with Crippen LogP contribution in [-0.2, 0) is 20.7 Å². The van der Waals surface area contributed by atoms with Crippen molar-refractivity contribution in [3.8, 4) is 11.8 Å². The highest BCUT2D eigenvalue weighted by Gasteiger charge is 2.13. The molecule has 114 valence electrons. The number of fused-ring (bicyclic) bond motifs is 1. The molecule has 0 aliphatic carbocycles. The minimum Gasteiger partial charge on any atom is -0.508 e. The summed E-state index contributed by atoms with van der Waals surface area (Å²) in [6.07, 6.45) is 1.58. The third-order valence-electron chi connectivity index (χ3n) is 2.90. The number of carbonyl (C=O) groups excluding carboxylic acids is 2. The molecule has 1 heterocycles. The van der Waals surface area contributed by atoms with Crippen molar-refractivity contribution in [2.45, 2.75) is 12.8 Å². The van der Waals surface area contributed by atoms with Gasteiger partial charge in [0.2, 0.25) is 0 Å². The van der Waals surface area contributed by atoms with E-state index in [0.717, 1.165) is 0 Å². The van der Waals surface area contributed by atoms with E-state index in [-0.39, 0.29) is 31.7 Å². The summed E-state index contributed by atoms with van der Waals surface area (Å²) in [6, 6.07) is 6.48. The number of hydrogen-bond acceptors (Lipinski definition) is 6. The van der Waals surface area contributed by atoms with E-state index in [0.29, 0.717) is 16.5 Å². The number of hydrogen-bond donors (Lipinski definition) is 2. The van der Waals surface area contributed by atoms with Gasteiger partial charge < -0.3 is 19.6 Å². The summed E-state index contributed by atoms with van der Waals surface area (Å²) in [4.78, 5) is 23.0. The van der Waals surface area contributed by atoms with Gasteiger partial charge in [-0.3, -0.25) is 9.59 Å². The van der Waals surface area contributed by atoms with Crippen molar-refractivity contribution < 1.29 is 23.8 Å². The molecule has 0 fully saturated rings. The van der Waals surface area contributed by atoms with E-state index in [9.17, 15) is 14.7 Å². The molecule has 7 nitrogen and oxygen atoms in total. The quantitative estimate of drug-likeness (QED) is 0.613. The minimum atomic E-state index is -0.564. The maximum atomic E-state index is 11.7. The number of carbonyl (C=O) groups is 2. The zero-order valence-corrected chi connectivity index (χ0v) is 11.7. The van der Waals surface area contributed by atoms with Crippen molar-refractivity contribution in [3.63, 3.8) is 0 Å². The number of phenols is 1. The molecular formula is C15H14N2O5. The van der Waals surface area contributed by atoms with Crippen LogP contribution in [-0.4, -0.2) is 30.1 Å². The van der Waals surface area contributed by atoms with Gasteiger partial charge >= 0.3 is 5.97 Å². The summed E-state index contributed by atoms with van der Waals surface area (Å²) in [5, 5.41) is 20.8. The number of nitrogens with one attached hydrogen (secondary N) is 1. The van der Waals surface area contributed by atoms with Crippen molar-refractivity contribution in [2.24, 2.45) is 0 Å². The standard InChI is InChI=1S/C15H14N2O5/c16-4-1-5-17-14(19)9-22-15(20)6-10-8-21-13-7-11(18)2-3-12(10)13/h2-3,7-8,18H,1,5-6,9H2,(H,17,19). The zero-order chi connectivity index (χ0) is 15.9. The lowest BCUT2D eigenvalue weighted by Crippen LogP contribution is -2.29. The minimum absolute atomic E-state index is 0.0384. The monoisotopic (exact) mass is 302 g/mol. The fourth-order valence-electron chi connectivity index (χ4n) is 1.87. The molecule has 0 saturated carbocycles. The van der Waals surface area contributed by atoms with Gasteiger partial charge in [-0.25, -0.2) is 0 Å². The normalized spacial score (nSPS) is 10.1. The van der Waals surface area contributed by atoms with Crippen LogP contribution >= 0.6 is 0 Å². The Morgan fingerprint density at radius 3 is 3.00 bits per heavy atom. The zero-order valence-electron chi connectivity index (χ0n) is 11.7. The van der Waals surface area contributed by atoms with E-state index < -0.39 is 11.9 Å². The molecule has 22 heavy (non-hydrogen) atoms. The lowest BCUT2D eigenvalue weighted by molar-refractivity contribution is -0.147. The van der Waals surface area contributed by atoms with Crippen molar-refractivity contribution in [2.75, 3.05) is 13.2 Å². The largest absolute Gasteiger partial charge is 0.508 e. The van der Waals surface area contributed by atoms with Gasteiger partial charge in [0.15, 0.2) is 6.61 Å². The molecule has 0 spiro atoms. The highest BCUT2D eigenvalue weighted by Crippen LogP contribution is 2.25. The van der Waals surface area contributed by atoms with Crippen molar-refractivity contribution in [1.82, 2.24) is 5.32 Å². The summed E-state index contributed by atoms with van der Waals surface area (Å²) in [6.45, 7) is -0.163. The molecule has 2 rings (SSSR count). The van der Waals surface area contributed by atoms with E-state index >= 15 is 0 Å².